The Morgan fingerprint density at radius 2 is 2.33 bits per heavy atom. The fourth-order valence-electron chi connectivity index (χ4n) is 1.73. The lowest BCUT2D eigenvalue weighted by Crippen LogP contribution is -2.27. The summed E-state index contributed by atoms with van der Waals surface area (Å²) in [4.78, 5) is 17.8. The maximum atomic E-state index is 12.3. The molecule has 0 fully saturated rings. The van der Waals surface area contributed by atoms with Crippen molar-refractivity contribution in [3.8, 4) is 0 Å². The summed E-state index contributed by atoms with van der Waals surface area (Å²) in [6, 6.07) is 0. The number of nitrogens with zero attached hydrogens (tertiary/aromatic N) is 4. The van der Waals surface area contributed by atoms with Crippen molar-refractivity contribution in [3.63, 3.8) is 0 Å². The maximum absolute atomic E-state index is 12.3. The molecule has 96 valence electrons. The van der Waals surface area contributed by atoms with Gasteiger partial charge in [0.1, 0.15) is 23.5 Å². The molecule has 0 radical (unpaired) electrons. The van der Waals surface area contributed by atoms with Gasteiger partial charge < -0.3 is 9.42 Å². The zero-order valence-corrected chi connectivity index (χ0v) is 10.6. The van der Waals surface area contributed by atoms with Crippen molar-refractivity contribution < 1.29 is 9.32 Å². The SMILES string of the molecule is CCc1noc(C)c1C(=O)N(C)Cc1ncn[nH]1. The van der Waals surface area contributed by atoms with Gasteiger partial charge >= 0.3 is 0 Å². The van der Waals surface area contributed by atoms with Crippen molar-refractivity contribution in [2.45, 2.75) is 26.8 Å². The van der Waals surface area contributed by atoms with Crippen molar-refractivity contribution >= 4 is 5.91 Å². The highest BCUT2D eigenvalue weighted by molar-refractivity contribution is 5.95. The first-order valence-electron chi connectivity index (χ1n) is 5.68. The Kier molecular flexibility index (Phi) is 3.40. The van der Waals surface area contributed by atoms with Gasteiger partial charge in [-0.25, -0.2) is 4.98 Å². The highest BCUT2D eigenvalue weighted by Crippen LogP contribution is 2.16. The monoisotopic (exact) mass is 249 g/mol. The second-order valence-electron chi connectivity index (χ2n) is 4.01. The molecule has 2 heterocycles. The molecular weight excluding hydrogens is 234 g/mol. The number of H-pyrrole nitrogens is 1. The van der Waals surface area contributed by atoms with E-state index < -0.39 is 0 Å². The number of carbonyl (C=O) groups is 1. The van der Waals surface area contributed by atoms with Crippen LogP contribution in [-0.4, -0.2) is 38.2 Å². The number of amides is 1. The summed E-state index contributed by atoms with van der Waals surface area (Å²) >= 11 is 0. The predicted octanol–water partition coefficient (Wildman–Crippen LogP) is 0.936. The lowest BCUT2D eigenvalue weighted by Gasteiger charge is -2.15. The van der Waals surface area contributed by atoms with E-state index in [4.69, 9.17) is 4.52 Å². The Bertz CT molecular complexity index is 532. The lowest BCUT2D eigenvalue weighted by atomic mass is 10.1. The zero-order chi connectivity index (χ0) is 13.1. The number of rotatable bonds is 4. The molecule has 0 aliphatic heterocycles. The van der Waals surface area contributed by atoms with Crippen molar-refractivity contribution in [2.24, 2.45) is 0 Å². The first kappa shape index (κ1) is 12.3. The van der Waals surface area contributed by atoms with Crippen LogP contribution in [-0.2, 0) is 13.0 Å². The van der Waals surface area contributed by atoms with Gasteiger partial charge in [0.2, 0.25) is 0 Å². The van der Waals surface area contributed by atoms with Crippen LogP contribution in [0.25, 0.3) is 0 Å². The van der Waals surface area contributed by atoms with Gasteiger partial charge in [0.05, 0.1) is 12.2 Å². The number of carbonyl (C=O) groups excluding carboxylic acids is 1. The molecule has 18 heavy (non-hydrogen) atoms. The fraction of sp³-hybridized carbons (Fsp3) is 0.455. The maximum Gasteiger partial charge on any atom is 0.259 e. The summed E-state index contributed by atoms with van der Waals surface area (Å²) in [5, 5.41) is 10.3. The normalized spacial score (nSPS) is 10.6. The van der Waals surface area contributed by atoms with Crippen LogP contribution in [0.1, 0.15) is 34.6 Å². The van der Waals surface area contributed by atoms with E-state index in [1.807, 2.05) is 6.92 Å². The van der Waals surface area contributed by atoms with Crippen LogP contribution in [0.2, 0.25) is 0 Å². The summed E-state index contributed by atoms with van der Waals surface area (Å²) in [6.07, 6.45) is 2.07. The predicted molar refractivity (Wildman–Crippen MR) is 62.8 cm³/mol. The summed E-state index contributed by atoms with van der Waals surface area (Å²) in [7, 11) is 1.71. The molecule has 0 aromatic carbocycles. The number of aromatic nitrogens is 4. The third kappa shape index (κ3) is 2.24. The van der Waals surface area contributed by atoms with Crippen LogP contribution in [0.4, 0.5) is 0 Å². The number of aryl methyl sites for hydroxylation is 2. The summed E-state index contributed by atoms with van der Waals surface area (Å²) in [5.74, 6) is 1.06. The van der Waals surface area contributed by atoms with E-state index in [1.165, 1.54) is 6.33 Å². The minimum atomic E-state index is -0.123. The van der Waals surface area contributed by atoms with Gasteiger partial charge in [-0.15, -0.1) is 0 Å². The van der Waals surface area contributed by atoms with Crippen LogP contribution >= 0.6 is 0 Å². The first-order chi connectivity index (χ1) is 8.63. The van der Waals surface area contributed by atoms with Crippen molar-refractivity contribution in [1.82, 2.24) is 25.2 Å². The molecule has 0 atom stereocenters. The van der Waals surface area contributed by atoms with Gasteiger partial charge in [-0.2, -0.15) is 5.10 Å². The minimum Gasteiger partial charge on any atom is -0.361 e. The highest BCUT2D eigenvalue weighted by Gasteiger charge is 2.22. The molecule has 0 bridgehead atoms. The Morgan fingerprint density at radius 1 is 1.56 bits per heavy atom. The van der Waals surface area contributed by atoms with Crippen LogP contribution < -0.4 is 0 Å². The molecule has 2 aromatic rings. The summed E-state index contributed by atoms with van der Waals surface area (Å²) in [6.45, 7) is 4.04. The van der Waals surface area contributed by atoms with E-state index in [0.29, 0.717) is 35.8 Å². The first-order valence-corrected chi connectivity index (χ1v) is 5.68. The van der Waals surface area contributed by atoms with Gasteiger partial charge in [-0.3, -0.25) is 9.89 Å². The average molecular weight is 249 g/mol. The van der Waals surface area contributed by atoms with Gasteiger partial charge in [-0.1, -0.05) is 12.1 Å². The Balaban J connectivity index is 2.17. The molecule has 2 aromatic heterocycles. The molecule has 0 spiro atoms. The molecule has 0 saturated heterocycles. The van der Waals surface area contributed by atoms with E-state index >= 15 is 0 Å². The Morgan fingerprint density at radius 3 is 2.94 bits per heavy atom. The molecule has 0 unspecified atom stereocenters. The number of aromatic amines is 1. The lowest BCUT2D eigenvalue weighted by molar-refractivity contribution is 0.0779. The van der Waals surface area contributed by atoms with Gasteiger partial charge in [0, 0.05) is 7.05 Å². The van der Waals surface area contributed by atoms with Gasteiger partial charge in [0.25, 0.3) is 5.91 Å². The molecule has 1 amide bonds. The molecule has 0 aliphatic carbocycles. The van der Waals surface area contributed by atoms with Gasteiger partial charge in [-0.05, 0) is 13.3 Å². The topological polar surface area (TPSA) is 87.9 Å². The zero-order valence-electron chi connectivity index (χ0n) is 10.6. The quantitative estimate of drug-likeness (QED) is 0.871. The van der Waals surface area contributed by atoms with Crippen LogP contribution in [0.5, 0.6) is 0 Å². The van der Waals surface area contributed by atoms with Crippen molar-refractivity contribution in [2.75, 3.05) is 7.05 Å². The Labute approximate surface area is 104 Å². The largest absolute Gasteiger partial charge is 0.361 e. The standard InChI is InChI=1S/C11H15N5O2/c1-4-8-10(7(2)18-15-8)11(17)16(3)5-9-12-6-13-14-9/h6H,4-5H2,1-3H3,(H,12,13,14). The number of hydrogen-bond acceptors (Lipinski definition) is 5. The third-order valence-electron chi connectivity index (χ3n) is 2.68. The average Bonchev–Trinajstić information content (AvgIpc) is 2.97. The molecule has 1 N–H and O–H groups in total. The molecule has 0 aliphatic rings. The van der Waals surface area contributed by atoms with E-state index in [1.54, 1.807) is 18.9 Å². The summed E-state index contributed by atoms with van der Waals surface area (Å²) in [5.41, 5.74) is 1.22. The van der Waals surface area contributed by atoms with Crippen LogP contribution in [0.3, 0.4) is 0 Å². The van der Waals surface area contributed by atoms with Crippen LogP contribution in [0, 0.1) is 6.92 Å². The minimum absolute atomic E-state index is 0.123. The van der Waals surface area contributed by atoms with Gasteiger partial charge in [0.15, 0.2) is 0 Å². The van der Waals surface area contributed by atoms with Crippen molar-refractivity contribution in [1.29, 1.82) is 0 Å². The summed E-state index contributed by atoms with van der Waals surface area (Å²) < 4.78 is 5.06. The Hall–Kier alpha value is -2.18. The van der Waals surface area contributed by atoms with Crippen LogP contribution in [0.15, 0.2) is 10.9 Å². The molecule has 0 saturated carbocycles. The second-order valence-corrected chi connectivity index (χ2v) is 4.01. The third-order valence-corrected chi connectivity index (χ3v) is 2.68. The molecular formula is C11H15N5O2. The molecule has 2 rings (SSSR count). The van der Waals surface area contributed by atoms with E-state index in [2.05, 4.69) is 20.3 Å². The molecule has 7 heteroatoms. The van der Waals surface area contributed by atoms with E-state index in [9.17, 15) is 4.79 Å². The molecule has 7 nitrogen and oxygen atoms in total. The smallest absolute Gasteiger partial charge is 0.259 e. The number of hydrogen-bond donors (Lipinski definition) is 1. The van der Waals surface area contributed by atoms with E-state index in [-0.39, 0.29) is 5.91 Å². The second kappa shape index (κ2) is 4.99. The van der Waals surface area contributed by atoms with E-state index in [0.717, 1.165) is 0 Å². The highest BCUT2D eigenvalue weighted by atomic mass is 16.5. The van der Waals surface area contributed by atoms with Crippen molar-refractivity contribution in [3.05, 3.63) is 29.2 Å². The number of nitrogens with one attached hydrogen (secondary N) is 1. The fourth-order valence-corrected chi connectivity index (χ4v) is 1.73.